The van der Waals surface area contributed by atoms with Crippen LogP contribution in [0.4, 0.5) is 11.4 Å². The van der Waals surface area contributed by atoms with Gasteiger partial charge in [-0.3, -0.25) is 0 Å². The lowest BCUT2D eigenvalue weighted by Crippen LogP contribution is -2.38. The van der Waals surface area contributed by atoms with Gasteiger partial charge < -0.3 is 10.3 Å². The second kappa shape index (κ2) is 7.70. The minimum Gasteiger partial charge on any atom is -0.371 e. The Bertz CT molecular complexity index is 643. The van der Waals surface area contributed by atoms with Crippen molar-refractivity contribution < 1.29 is 8.42 Å². The van der Waals surface area contributed by atoms with E-state index in [-0.39, 0.29) is 0 Å². The SMILES string of the molecule is CNNc1cc(Cl)cc(N2CCC(CNS(C)(=O)=O)CC2)c1C. The molecule has 0 unspecified atom stereocenters. The first-order chi connectivity index (χ1) is 10.8. The first-order valence-electron chi connectivity index (χ1n) is 7.72. The van der Waals surface area contributed by atoms with Gasteiger partial charge in [0, 0.05) is 37.4 Å². The number of hydrogen-bond donors (Lipinski definition) is 3. The summed E-state index contributed by atoms with van der Waals surface area (Å²) >= 11 is 6.23. The summed E-state index contributed by atoms with van der Waals surface area (Å²) in [6, 6.07) is 3.90. The van der Waals surface area contributed by atoms with E-state index in [0.717, 1.165) is 42.9 Å². The number of halogens is 1. The number of anilines is 2. The number of rotatable bonds is 6. The second-order valence-corrected chi connectivity index (χ2v) is 8.29. The Kier molecular flexibility index (Phi) is 6.13. The Morgan fingerprint density at radius 2 is 1.96 bits per heavy atom. The average molecular weight is 361 g/mol. The predicted molar refractivity (Wildman–Crippen MR) is 96.7 cm³/mol. The molecule has 0 radical (unpaired) electrons. The Labute approximate surface area is 143 Å². The molecule has 0 bridgehead atoms. The van der Waals surface area contributed by atoms with Gasteiger partial charge in [-0.1, -0.05) is 11.6 Å². The summed E-state index contributed by atoms with van der Waals surface area (Å²) in [5, 5.41) is 0.698. The van der Waals surface area contributed by atoms with E-state index in [0.29, 0.717) is 17.5 Å². The molecule has 1 fully saturated rings. The molecule has 1 heterocycles. The Morgan fingerprint density at radius 1 is 1.30 bits per heavy atom. The second-order valence-electron chi connectivity index (χ2n) is 6.02. The lowest BCUT2D eigenvalue weighted by atomic mass is 9.96. The van der Waals surface area contributed by atoms with E-state index in [4.69, 9.17) is 11.6 Å². The lowest BCUT2D eigenvalue weighted by Gasteiger charge is -2.35. The summed E-state index contributed by atoms with van der Waals surface area (Å²) in [4.78, 5) is 2.32. The zero-order valence-electron chi connectivity index (χ0n) is 13.8. The molecular formula is C15H25ClN4O2S. The molecule has 0 aromatic heterocycles. The van der Waals surface area contributed by atoms with Gasteiger partial charge in [0.05, 0.1) is 11.9 Å². The number of nitrogens with one attached hydrogen (secondary N) is 3. The molecule has 2 rings (SSSR count). The number of hydrogen-bond acceptors (Lipinski definition) is 5. The van der Waals surface area contributed by atoms with E-state index >= 15 is 0 Å². The standard InChI is InChI=1S/C15H25ClN4O2S/c1-11-14(19-17-2)8-13(16)9-15(11)20-6-4-12(5-7-20)10-18-23(3,21)22/h8-9,12,17-19H,4-7,10H2,1-3H3. The maximum atomic E-state index is 11.2. The molecule has 1 aliphatic heterocycles. The highest BCUT2D eigenvalue weighted by atomic mass is 35.5. The molecule has 0 spiro atoms. The summed E-state index contributed by atoms with van der Waals surface area (Å²) in [5.74, 6) is 0.385. The van der Waals surface area contributed by atoms with Crippen LogP contribution >= 0.6 is 11.6 Å². The largest absolute Gasteiger partial charge is 0.371 e. The van der Waals surface area contributed by atoms with Gasteiger partial charge in [0.1, 0.15) is 0 Å². The highest BCUT2D eigenvalue weighted by Gasteiger charge is 2.22. The zero-order chi connectivity index (χ0) is 17.0. The summed E-state index contributed by atoms with van der Waals surface area (Å²) in [7, 11) is -1.29. The smallest absolute Gasteiger partial charge is 0.208 e. The molecule has 3 N–H and O–H groups in total. The maximum absolute atomic E-state index is 11.2. The van der Waals surface area contributed by atoms with E-state index < -0.39 is 10.0 Å². The van der Waals surface area contributed by atoms with Crippen molar-refractivity contribution in [2.45, 2.75) is 19.8 Å². The van der Waals surface area contributed by atoms with Gasteiger partial charge in [0.15, 0.2) is 0 Å². The first kappa shape index (κ1) is 18.3. The minimum absolute atomic E-state index is 0.385. The third kappa shape index (κ3) is 5.24. The van der Waals surface area contributed by atoms with Crippen molar-refractivity contribution in [2.75, 3.05) is 43.3 Å². The number of hydrazine groups is 1. The normalized spacial score (nSPS) is 16.6. The summed E-state index contributed by atoms with van der Waals surface area (Å²) < 4.78 is 25.0. The lowest BCUT2D eigenvalue weighted by molar-refractivity contribution is 0.402. The first-order valence-corrected chi connectivity index (χ1v) is 9.99. The van der Waals surface area contributed by atoms with Gasteiger partial charge in [0.2, 0.25) is 10.0 Å². The van der Waals surface area contributed by atoms with Crippen molar-refractivity contribution in [1.82, 2.24) is 10.1 Å². The van der Waals surface area contributed by atoms with Crippen LogP contribution in [-0.2, 0) is 10.0 Å². The Morgan fingerprint density at radius 3 is 2.52 bits per heavy atom. The summed E-state index contributed by atoms with van der Waals surface area (Å²) in [6.45, 7) is 4.39. The van der Waals surface area contributed by atoms with Gasteiger partial charge in [-0.2, -0.15) is 0 Å². The molecule has 0 saturated carbocycles. The number of piperidine rings is 1. The maximum Gasteiger partial charge on any atom is 0.208 e. The molecule has 130 valence electrons. The average Bonchev–Trinajstić information content (AvgIpc) is 2.49. The van der Waals surface area contributed by atoms with Crippen molar-refractivity contribution in [2.24, 2.45) is 5.92 Å². The number of benzene rings is 1. The Balaban J connectivity index is 2.02. The fraction of sp³-hybridized carbons (Fsp3) is 0.600. The van der Waals surface area contributed by atoms with Crippen LogP contribution in [0.5, 0.6) is 0 Å². The van der Waals surface area contributed by atoms with Crippen LogP contribution in [0.3, 0.4) is 0 Å². The van der Waals surface area contributed by atoms with E-state index in [2.05, 4.69) is 27.4 Å². The molecule has 0 amide bonds. The molecule has 1 aromatic carbocycles. The highest BCUT2D eigenvalue weighted by molar-refractivity contribution is 7.88. The van der Waals surface area contributed by atoms with Gasteiger partial charge >= 0.3 is 0 Å². The molecule has 8 heteroatoms. The molecule has 0 atom stereocenters. The number of sulfonamides is 1. The molecule has 23 heavy (non-hydrogen) atoms. The molecular weight excluding hydrogens is 336 g/mol. The van der Waals surface area contributed by atoms with Crippen molar-refractivity contribution in [3.8, 4) is 0 Å². The van der Waals surface area contributed by atoms with Crippen LogP contribution < -0.4 is 20.5 Å². The van der Waals surface area contributed by atoms with Gasteiger partial charge in [0.25, 0.3) is 0 Å². The van der Waals surface area contributed by atoms with Crippen molar-refractivity contribution in [3.63, 3.8) is 0 Å². The topological polar surface area (TPSA) is 73.5 Å². The van der Waals surface area contributed by atoms with Crippen molar-refractivity contribution >= 4 is 33.0 Å². The van der Waals surface area contributed by atoms with E-state index in [9.17, 15) is 8.42 Å². The van der Waals surface area contributed by atoms with E-state index in [1.807, 2.05) is 19.2 Å². The molecule has 1 saturated heterocycles. The van der Waals surface area contributed by atoms with Gasteiger partial charge in [-0.15, -0.1) is 0 Å². The molecule has 1 aromatic rings. The van der Waals surface area contributed by atoms with Crippen molar-refractivity contribution in [3.05, 3.63) is 22.7 Å². The predicted octanol–water partition coefficient (Wildman–Crippen LogP) is 1.96. The Hall–Kier alpha value is -1.02. The summed E-state index contributed by atoms with van der Waals surface area (Å²) in [6.07, 6.45) is 3.13. The van der Waals surface area contributed by atoms with Crippen LogP contribution in [0.1, 0.15) is 18.4 Å². The molecule has 1 aliphatic rings. The number of nitrogens with zero attached hydrogens (tertiary/aromatic N) is 1. The third-order valence-corrected chi connectivity index (χ3v) is 5.10. The fourth-order valence-electron chi connectivity index (χ4n) is 2.90. The quantitative estimate of drug-likeness (QED) is 0.676. The fourth-order valence-corrected chi connectivity index (χ4v) is 3.66. The molecule has 6 nitrogen and oxygen atoms in total. The van der Waals surface area contributed by atoms with Crippen LogP contribution in [-0.4, -0.2) is 41.4 Å². The van der Waals surface area contributed by atoms with E-state index in [1.165, 1.54) is 6.26 Å². The third-order valence-electron chi connectivity index (χ3n) is 4.19. The van der Waals surface area contributed by atoms with Gasteiger partial charge in [-0.05, 0) is 43.4 Å². The minimum atomic E-state index is -3.11. The van der Waals surface area contributed by atoms with Crippen LogP contribution in [0.2, 0.25) is 5.02 Å². The highest BCUT2D eigenvalue weighted by Crippen LogP contribution is 2.33. The molecule has 0 aliphatic carbocycles. The van der Waals surface area contributed by atoms with Crippen LogP contribution in [0, 0.1) is 12.8 Å². The summed E-state index contributed by atoms with van der Waals surface area (Å²) in [5.41, 5.74) is 9.28. The van der Waals surface area contributed by atoms with Crippen LogP contribution in [0.15, 0.2) is 12.1 Å². The monoisotopic (exact) mass is 360 g/mol. The van der Waals surface area contributed by atoms with Gasteiger partial charge in [-0.25, -0.2) is 18.6 Å². The van der Waals surface area contributed by atoms with E-state index in [1.54, 1.807) is 0 Å². The van der Waals surface area contributed by atoms with Crippen molar-refractivity contribution in [1.29, 1.82) is 0 Å². The van der Waals surface area contributed by atoms with Crippen LogP contribution in [0.25, 0.3) is 0 Å². The zero-order valence-corrected chi connectivity index (χ0v) is 15.4.